The number of anilines is 1. The molecule has 2 rings (SSSR count). The Kier molecular flexibility index (Phi) is 3.85. The summed E-state index contributed by atoms with van der Waals surface area (Å²) in [6.45, 7) is 6.47. The van der Waals surface area contributed by atoms with Crippen LogP contribution in [0.3, 0.4) is 0 Å². The van der Waals surface area contributed by atoms with Crippen LogP contribution in [-0.4, -0.2) is 29.2 Å². The second-order valence-corrected chi connectivity index (χ2v) is 5.18. The van der Waals surface area contributed by atoms with Gasteiger partial charge in [0.05, 0.1) is 6.10 Å². The molecule has 1 saturated carbocycles. The number of aromatic nitrogens is 2. The van der Waals surface area contributed by atoms with Crippen LogP contribution in [0.15, 0.2) is 12.4 Å². The van der Waals surface area contributed by atoms with E-state index >= 15 is 0 Å². The van der Waals surface area contributed by atoms with Crippen molar-refractivity contribution >= 4 is 5.95 Å². The van der Waals surface area contributed by atoms with Crippen LogP contribution < -0.4 is 5.32 Å². The maximum absolute atomic E-state index is 5.59. The number of methoxy groups -OCH3 is 1. The second-order valence-electron chi connectivity index (χ2n) is 5.18. The Bertz CT molecular complexity index is 387. The predicted octanol–water partition coefficient (Wildman–Crippen LogP) is 2.79. The summed E-state index contributed by atoms with van der Waals surface area (Å²) in [7, 11) is 1.81. The number of hydrogen-bond donors (Lipinski definition) is 1. The fraction of sp³-hybridized carbons (Fsp3) is 0.714. The van der Waals surface area contributed by atoms with Crippen LogP contribution in [0.25, 0.3) is 0 Å². The van der Waals surface area contributed by atoms with Gasteiger partial charge in [0.25, 0.3) is 0 Å². The lowest BCUT2D eigenvalue weighted by Gasteiger charge is -2.55. The summed E-state index contributed by atoms with van der Waals surface area (Å²) >= 11 is 0. The highest BCUT2D eigenvalue weighted by molar-refractivity contribution is 5.30. The molecule has 100 valence electrons. The van der Waals surface area contributed by atoms with Crippen molar-refractivity contribution in [2.24, 2.45) is 5.41 Å². The summed E-state index contributed by atoms with van der Waals surface area (Å²) < 4.78 is 5.59. The first kappa shape index (κ1) is 13.3. The zero-order valence-corrected chi connectivity index (χ0v) is 11.7. The van der Waals surface area contributed by atoms with Gasteiger partial charge in [0, 0.05) is 31.0 Å². The van der Waals surface area contributed by atoms with Gasteiger partial charge in [-0.05, 0) is 31.7 Å². The largest absolute Gasteiger partial charge is 0.381 e. The molecule has 1 aliphatic carbocycles. The first-order valence-corrected chi connectivity index (χ1v) is 6.74. The van der Waals surface area contributed by atoms with Gasteiger partial charge in [0.1, 0.15) is 0 Å². The van der Waals surface area contributed by atoms with Gasteiger partial charge in [-0.2, -0.15) is 0 Å². The number of aryl methyl sites for hydroxylation is 1. The molecule has 4 heteroatoms. The number of ether oxygens (including phenoxy) is 1. The molecule has 0 bridgehead atoms. The lowest BCUT2D eigenvalue weighted by atomic mass is 9.58. The van der Waals surface area contributed by atoms with E-state index in [0.29, 0.717) is 12.1 Å². The van der Waals surface area contributed by atoms with E-state index in [2.05, 4.69) is 29.1 Å². The predicted molar refractivity (Wildman–Crippen MR) is 72.6 cm³/mol. The Morgan fingerprint density at radius 2 is 1.94 bits per heavy atom. The average Bonchev–Trinajstić information content (AvgIpc) is 2.38. The van der Waals surface area contributed by atoms with Crippen LogP contribution in [-0.2, 0) is 4.74 Å². The van der Waals surface area contributed by atoms with Crippen LogP contribution in [0, 0.1) is 12.3 Å². The molecular weight excluding hydrogens is 226 g/mol. The third kappa shape index (κ3) is 2.09. The molecule has 2 unspecified atom stereocenters. The third-order valence-electron chi connectivity index (χ3n) is 4.47. The van der Waals surface area contributed by atoms with Gasteiger partial charge in [-0.1, -0.05) is 13.8 Å². The molecule has 1 aromatic rings. The van der Waals surface area contributed by atoms with Crippen molar-refractivity contribution in [2.75, 3.05) is 12.4 Å². The van der Waals surface area contributed by atoms with Crippen molar-refractivity contribution < 1.29 is 4.74 Å². The minimum atomic E-state index is 0.225. The average molecular weight is 249 g/mol. The Morgan fingerprint density at radius 1 is 1.33 bits per heavy atom. The van der Waals surface area contributed by atoms with Gasteiger partial charge in [0.2, 0.25) is 5.95 Å². The van der Waals surface area contributed by atoms with E-state index in [1.165, 1.54) is 0 Å². The Labute approximate surface area is 109 Å². The summed E-state index contributed by atoms with van der Waals surface area (Å²) in [6, 6.07) is 0.417. The molecule has 1 aromatic heterocycles. The Balaban J connectivity index is 2.08. The van der Waals surface area contributed by atoms with E-state index in [1.54, 1.807) is 0 Å². The zero-order valence-electron chi connectivity index (χ0n) is 11.7. The molecule has 1 heterocycles. The van der Waals surface area contributed by atoms with Crippen LogP contribution in [0.5, 0.6) is 0 Å². The maximum atomic E-state index is 5.59. The van der Waals surface area contributed by atoms with E-state index in [-0.39, 0.29) is 5.41 Å². The van der Waals surface area contributed by atoms with Gasteiger partial charge in [0.15, 0.2) is 0 Å². The summed E-state index contributed by atoms with van der Waals surface area (Å²) in [5.41, 5.74) is 1.31. The first-order valence-electron chi connectivity index (χ1n) is 6.74. The highest BCUT2D eigenvalue weighted by Gasteiger charge is 2.53. The smallest absolute Gasteiger partial charge is 0.222 e. The highest BCUT2D eigenvalue weighted by atomic mass is 16.5. The van der Waals surface area contributed by atoms with Gasteiger partial charge >= 0.3 is 0 Å². The van der Waals surface area contributed by atoms with Crippen LogP contribution in [0.4, 0.5) is 5.95 Å². The molecule has 0 saturated heterocycles. The molecule has 0 amide bonds. The lowest BCUT2D eigenvalue weighted by Crippen LogP contribution is -2.60. The van der Waals surface area contributed by atoms with Crippen molar-refractivity contribution in [2.45, 2.75) is 52.2 Å². The van der Waals surface area contributed by atoms with Gasteiger partial charge in [-0.3, -0.25) is 0 Å². The van der Waals surface area contributed by atoms with Crippen molar-refractivity contribution in [3.8, 4) is 0 Å². The van der Waals surface area contributed by atoms with E-state index in [9.17, 15) is 0 Å². The number of nitrogens with one attached hydrogen (secondary N) is 1. The molecular formula is C14H23N3O. The van der Waals surface area contributed by atoms with E-state index < -0.39 is 0 Å². The van der Waals surface area contributed by atoms with E-state index in [4.69, 9.17) is 4.74 Å². The second kappa shape index (κ2) is 5.22. The van der Waals surface area contributed by atoms with Gasteiger partial charge in [-0.15, -0.1) is 0 Å². The molecule has 1 aliphatic rings. The molecule has 0 aliphatic heterocycles. The molecule has 0 radical (unpaired) electrons. The van der Waals surface area contributed by atoms with Crippen molar-refractivity contribution in [1.82, 2.24) is 9.97 Å². The van der Waals surface area contributed by atoms with E-state index in [1.807, 2.05) is 26.4 Å². The van der Waals surface area contributed by atoms with Crippen LogP contribution >= 0.6 is 0 Å². The quantitative estimate of drug-likeness (QED) is 0.871. The minimum absolute atomic E-state index is 0.225. The van der Waals surface area contributed by atoms with Crippen LogP contribution in [0.2, 0.25) is 0 Å². The number of rotatable bonds is 5. The fourth-order valence-electron chi connectivity index (χ4n) is 3.10. The van der Waals surface area contributed by atoms with E-state index in [0.717, 1.165) is 30.8 Å². The molecule has 0 spiro atoms. The number of hydrogen-bond acceptors (Lipinski definition) is 4. The van der Waals surface area contributed by atoms with Gasteiger partial charge < -0.3 is 10.1 Å². The fourth-order valence-corrected chi connectivity index (χ4v) is 3.10. The SMILES string of the molecule is CCC1(CC)C(Nc2ncc(C)cn2)CC1OC. The standard InChI is InChI=1S/C14H23N3O/c1-5-14(6-2)11(7-12(14)18-4)17-13-15-8-10(3)9-16-13/h8-9,11-12H,5-7H2,1-4H3,(H,15,16,17). The third-order valence-corrected chi connectivity index (χ3v) is 4.47. The highest BCUT2D eigenvalue weighted by Crippen LogP contribution is 2.49. The summed E-state index contributed by atoms with van der Waals surface area (Å²) in [4.78, 5) is 8.64. The molecule has 1 fully saturated rings. The Hall–Kier alpha value is -1.16. The Morgan fingerprint density at radius 3 is 2.44 bits per heavy atom. The molecule has 2 atom stereocenters. The summed E-state index contributed by atoms with van der Waals surface area (Å²) in [5.74, 6) is 0.728. The zero-order chi connectivity index (χ0) is 13.2. The molecule has 18 heavy (non-hydrogen) atoms. The topological polar surface area (TPSA) is 47.0 Å². The van der Waals surface area contributed by atoms with Crippen LogP contribution in [0.1, 0.15) is 38.7 Å². The maximum Gasteiger partial charge on any atom is 0.222 e. The molecule has 4 nitrogen and oxygen atoms in total. The van der Waals surface area contributed by atoms with Crippen molar-refractivity contribution in [3.05, 3.63) is 18.0 Å². The number of nitrogens with zero attached hydrogens (tertiary/aromatic N) is 2. The van der Waals surface area contributed by atoms with Crippen molar-refractivity contribution in [1.29, 1.82) is 0 Å². The molecule has 1 N–H and O–H groups in total. The van der Waals surface area contributed by atoms with Gasteiger partial charge in [-0.25, -0.2) is 9.97 Å². The van der Waals surface area contributed by atoms with Crippen molar-refractivity contribution in [3.63, 3.8) is 0 Å². The minimum Gasteiger partial charge on any atom is -0.381 e. The summed E-state index contributed by atoms with van der Waals surface area (Å²) in [6.07, 6.45) is 7.32. The first-order chi connectivity index (χ1) is 8.66. The normalized spacial score (nSPS) is 25.6. The lowest BCUT2D eigenvalue weighted by molar-refractivity contribution is -0.106. The molecule has 0 aromatic carbocycles. The summed E-state index contributed by atoms with van der Waals surface area (Å²) in [5, 5.41) is 3.46. The monoisotopic (exact) mass is 249 g/mol.